The zero-order chi connectivity index (χ0) is 20.6. The van der Waals surface area contributed by atoms with Crippen LogP contribution in [0.25, 0.3) is 10.9 Å². The van der Waals surface area contributed by atoms with Gasteiger partial charge in [0.15, 0.2) is 0 Å². The largest absolute Gasteiger partial charge is 0.392 e. The minimum absolute atomic E-state index is 0.0134. The van der Waals surface area contributed by atoms with E-state index in [4.69, 9.17) is 0 Å². The van der Waals surface area contributed by atoms with E-state index in [0.29, 0.717) is 18.5 Å². The van der Waals surface area contributed by atoms with Crippen molar-refractivity contribution in [3.8, 4) is 0 Å². The molecular formula is C23H29N3O3. The van der Waals surface area contributed by atoms with Gasteiger partial charge in [-0.05, 0) is 31.4 Å². The summed E-state index contributed by atoms with van der Waals surface area (Å²) in [5.41, 5.74) is 1.04. The molecule has 2 fully saturated rings. The number of para-hydroxylation sites is 1. The first-order valence-corrected chi connectivity index (χ1v) is 10.5. The molecule has 1 saturated heterocycles. The SMILES string of the molecule is CC(=O)N1[C@@H](CNC(=O)c2cnc3ccccc3c2)C[C@@]2(C)[C@@H](O)CCCC[C@@H]12. The summed E-state index contributed by atoms with van der Waals surface area (Å²) in [5.74, 6) is -0.177. The van der Waals surface area contributed by atoms with Gasteiger partial charge in [0.1, 0.15) is 0 Å². The van der Waals surface area contributed by atoms with Crippen molar-refractivity contribution in [2.24, 2.45) is 5.41 Å². The zero-order valence-corrected chi connectivity index (χ0v) is 17.1. The molecule has 0 radical (unpaired) electrons. The van der Waals surface area contributed by atoms with Gasteiger partial charge in [0.2, 0.25) is 5.91 Å². The van der Waals surface area contributed by atoms with Gasteiger partial charge in [0.05, 0.1) is 23.2 Å². The number of carbonyl (C=O) groups is 2. The molecule has 2 aromatic rings. The Labute approximate surface area is 171 Å². The summed E-state index contributed by atoms with van der Waals surface area (Å²) in [6.07, 6.45) is 5.58. The molecule has 1 aromatic carbocycles. The van der Waals surface area contributed by atoms with Gasteiger partial charge < -0.3 is 15.3 Å². The molecule has 0 unspecified atom stereocenters. The number of hydrogen-bond donors (Lipinski definition) is 2. The van der Waals surface area contributed by atoms with Crippen molar-refractivity contribution in [1.29, 1.82) is 0 Å². The van der Waals surface area contributed by atoms with Gasteiger partial charge in [0, 0.05) is 36.5 Å². The number of hydrogen-bond acceptors (Lipinski definition) is 4. The van der Waals surface area contributed by atoms with E-state index in [9.17, 15) is 14.7 Å². The molecule has 2 heterocycles. The summed E-state index contributed by atoms with van der Waals surface area (Å²) >= 11 is 0. The number of fused-ring (bicyclic) bond motifs is 2. The van der Waals surface area contributed by atoms with Crippen LogP contribution in [0.1, 0.15) is 56.3 Å². The molecule has 1 aliphatic heterocycles. The molecule has 6 nitrogen and oxygen atoms in total. The number of benzene rings is 1. The molecule has 1 aliphatic carbocycles. The first-order chi connectivity index (χ1) is 13.9. The van der Waals surface area contributed by atoms with Gasteiger partial charge in [-0.25, -0.2) is 0 Å². The van der Waals surface area contributed by atoms with Crippen LogP contribution in [0, 0.1) is 5.41 Å². The number of aliphatic hydroxyl groups is 1. The Kier molecular flexibility index (Phi) is 5.30. The molecule has 29 heavy (non-hydrogen) atoms. The first kappa shape index (κ1) is 19.8. The Morgan fingerprint density at radius 2 is 2.03 bits per heavy atom. The predicted octanol–water partition coefficient (Wildman–Crippen LogP) is 2.90. The zero-order valence-electron chi connectivity index (χ0n) is 17.1. The van der Waals surface area contributed by atoms with Crippen molar-refractivity contribution in [2.45, 2.75) is 64.1 Å². The molecule has 4 rings (SSSR count). The maximum Gasteiger partial charge on any atom is 0.252 e. The number of rotatable bonds is 3. The lowest BCUT2D eigenvalue weighted by Gasteiger charge is -2.37. The van der Waals surface area contributed by atoms with Gasteiger partial charge in [-0.3, -0.25) is 14.6 Å². The van der Waals surface area contributed by atoms with E-state index >= 15 is 0 Å². The maximum absolute atomic E-state index is 12.7. The summed E-state index contributed by atoms with van der Waals surface area (Å²) in [6, 6.07) is 9.45. The van der Waals surface area contributed by atoms with Crippen molar-refractivity contribution in [2.75, 3.05) is 6.54 Å². The molecule has 0 bridgehead atoms. The summed E-state index contributed by atoms with van der Waals surface area (Å²) in [7, 11) is 0. The second kappa shape index (κ2) is 7.75. The van der Waals surface area contributed by atoms with Crippen LogP contribution in [0.5, 0.6) is 0 Å². The Bertz CT molecular complexity index is 930. The van der Waals surface area contributed by atoms with E-state index in [1.165, 1.54) is 0 Å². The first-order valence-electron chi connectivity index (χ1n) is 10.5. The van der Waals surface area contributed by atoms with E-state index in [-0.39, 0.29) is 29.3 Å². The number of aliphatic hydroxyl groups excluding tert-OH is 1. The van der Waals surface area contributed by atoms with Crippen molar-refractivity contribution in [1.82, 2.24) is 15.2 Å². The van der Waals surface area contributed by atoms with E-state index < -0.39 is 6.10 Å². The molecule has 1 aromatic heterocycles. The molecule has 2 aliphatic rings. The fraction of sp³-hybridized carbons (Fsp3) is 0.522. The minimum atomic E-state index is -0.415. The molecule has 154 valence electrons. The average Bonchev–Trinajstić information content (AvgIpc) is 2.93. The van der Waals surface area contributed by atoms with Crippen LogP contribution in [0.4, 0.5) is 0 Å². The Hall–Kier alpha value is -2.47. The number of amides is 2. The number of likely N-dealkylation sites (tertiary alicyclic amines) is 1. The van der Waals surface area contributed by atoms with Gasteiger partial charge in [-0.1, -0.05) is 38.0 Å². The van der Waals surface area contributed by atoms with E-state index in [1.54, 1.807) is 13.1 Å². The quantitative estimate of drug-likeness (QED) is 0.837. The highest BCUT2D eigenvalue weighted by Gasteiger charge is 2.54. The van der Waals surface area contributed by atoms with E-state index in [2.05, 4.69) is 17.2 Å². The van der Waals surface area contributed by atoms with Crippen LogP contribution in [0.3, 0.4) is 0 Å². The number of nitrogens with zero attached hydrogens (tertiary/aromatic N) is 2. The second-order valence-corrected chi connectivity index (χ2v) is 8.73. The highest BCUT2D eigenvalue weighted by Crippen LogP contribution is 2.48. The predicted molar refractivity (Wildman–Crippen MR) is 111 cm³/mol. The average molecular weight is 396 g/mol. The van der Waals surface area contributed by atoms with Crippen molar-refractivity contribution in [3.63, 3.8) is 0 Å². The molecule has 4 atom stereocenters. The van der Waals surface area contributed by atoms with Crippen LogP contribution in [0.2, 0.25) is 0 Å². The lowest BCUT2D eigenvalue weighted by molar-refractivity contribution is -0.133. The van der Waals surface area contributed by atoms with Crippen molar-refractivity contribution >= 4 is 22.7 Å². The normalized spacial score (nSPS) is 29.3. The highest BCUT2D eigenvalue weighted by atomic mass is 16.3. The monoisotopic (exact) mass is 395 g/mol. The Morgan fingerprint density at radius 3 is 2.83 bits per heavy atom. The fourth-order valence-corrected chi connectivity index (χ4v) is 5.30. The highest BCUT2D eigenvalue weighted by molar-refractivity contribution is 5.97. The molecule has 1 saturated carbocycles. The molecule has 6 heteroatoms. The molecule has 2 amide bonds. The third-order valence-corrected chi connectivity index (χ3v) is 6.85. The lowest BCUT2D eigenvalue weighted by atomic mass is 9.75. The van der Waals surface area contributed by atoms with Crippen LogP contribution in [0.15, 0.2) is 36.5 Å². The van der Waals surface area contributed by atoms with E-state index in [0.717, 1.165) is 36.6 Å². The van der Waals surface area contributed by atoms with Crippen LogP contribution >= 0.6 is 0 Å². The summed E-state index contributed by atoms with van der Waals surface area (Å²) in [6.45, 7) is 4.06. The molecular weight excluding hydrogens is 366 g/mol. The van der Waals surface area contributed by atoms with Gasteiger partial charge in [0.25, 0.3) is 5.91 Å². The van der Waals surface area contributed by atoms with Crippen LogP contribution in [-0.2, 0) is 4.79 Å². The van der Waals surface area contributed by atoms with Gasteiger partial charge in [-0.2, -0.15) is 0 Å². The number of nitrogens with one attached hydrogen (secondary N) is 1. The standard InChI is InChI=1S/C23H29N3O3/c1-15(27)26-18(12-23(2)20(26)9-5-6-10-21(23)28)14-25-22(29)17-11-16-7-3-4-8-19(16)24-13-17/h3-4,7-8,11,13,18,20-21,28H,5-6,9-10,12,14H2,1-2H3,(H,25,29)/t18-,20-,21+,23-/m1/s1. The Balaban J connectivity index is 1.50. The number of pyridine rings is 1. The summed E-state index contributed by atoms with van der Waals surface area (Å²) in [4.78, 5) is 31.5. The summed E-state index contributed by atoms with van der Waals surface area (Å²) < 4.78 is 0. The topological polar surface area (TPSA) is 82.5 Å². The lowest BCUT2D eigenvalue weighted by Crippen LogP contribution is -2.48. The number of carbonyl (C=O) groups excluding carboxylic acids is 2. The molecule has 2 N–H and O–H groups in total. The summed E-state index contributed by atoms with van der Waals surface area (Å²) in [5, 5.41) is 14.7. The van der Waals surface area contributed by atoms with Gasteiger partial charge >= 0.3 is 0 Å². The second-order valence-electron chi connectivity index (χ2n) is 8.73. The van der Waals surface area contributed by atoms with Crippen molar-refractivity contribution in [3.05, 3.63) is 42.1 Å². The van der Waals surface area contributed by atoms with Crippen molar-refractivity contribution < 1.29 is 14.7 Å². The smallest absolute Gasteiger partial charge is 0.252 e. The third-order valence-electron chi connectivity index (χ3n) is 6.85. The molecule has 0 spiro atoms. The van der Waals surface area contributed by atoms with Gasteiger partial charge in [-0.15, -0.1) is 0 Å². The Morgan fingerprint density at radius 1 is 1.28 bits per heavy atom. The minimum Gasteiger partial charge on any atom is -0.392 e. The third kappa shape index (κ3) is 3.62. The fourth-order valence-electron chi connectivity index (χ4n) is 5.30. The van der Waals surface area contributed by atoms with Crippen LogP contribution < -0.4 is 5.32 Å². The van der Waals surface area contributed by atoms with Crippen LogP contribution in [-0.4, -0.2) is 51.5 Å². The number of aromatic nitrogens is 1. The van der Waals surface area contributed by atoms with E-state index in [1.807, 2.05) is 35.2 Å². The maximum atomic E-state index is 12.7.